The lowest BCUT2D eigenvalue weighted by Gasteiger charge is -1.86. The third-order valence-electron chi connectivity index (χ3n) is 0.865. The van der Waals surface area contributed by atoms with Crippen LogP contribution in [0.5, 0.6) is 0 Å². The fraction of sp³-hybridized carbons (Fsp3) is 0. The Morgan fingerprint density at radius 3 is 3.00 bits per heavy atom. The van der Waals surface area contributed by atoms with E-state index in [0.717, 1.165) is 12.3 Å². The van der Waals surface area contributed by atoms with Crippen LogP contribution in [-0.2, 0) is 4.79 Å². The molecule has 0 amide bonds. The quantitative estimate of drug-likeness (QED) is 0.432. The van der Waals surface area contributed by atoms with E-state index in [-0.39, 0.29) is 5.69 Å². The summed E-state index contributed by atoms with van der Waals surface area (Å²) in [5.41, 5.74) is 0.176. The summed E-state index contributed by atoms with van der Waals surface area (Å²) >= 11 is 0. The largest absolute Gasteiger partial charge is 0.259 e. The lowest BCUT2D eigenvalue weighted by molar-refractivity contribution is 0.565. The zero-order valence-electron chi connectivity index (χ0n) is 4.91. The highest BCUT2D eigenvalue weighted by atomic mass is 19.1. The second-order valence-corrected chi connectivity index (χ2v) is 1.56. The van der Waals surface area contributed by atoms with E-state index in [1.54, 1.807) is 0 Å². The van der Waals surface area contributed by atoms with Crippen LogP contribution in [0.25, 0.3) is 0 Å². The first-order valence-corrected chi connectivity index (χ1v) is 2.51. The minimum Gasteiger partial charge on any atom is -0.259 e. The Kier molecular flexibility index (Phi) is 1.87. The van der Waals surface area contributed by atoms with E-state index in [9.17, 15) is 9.18 Å². The molecule has 0 aliphatic rings. The van der Waals surface area contributed by atoms with Crippen molar-refractivity contribution in [2.75, 3.05) is 0 Å². The number of aliphatic imine (C=N–C) groups is 1. The Balaban J connectivity index is 3.06. The fourth-order valence-electron chi connectivity index (χ4n) is 0.514. The molecule has 1 heterocycles. The van der Waals surface area contributed by atoms with Crippen molar-refractivity contribution in [1.82, 2.24) is 4.98 Å². The van der Waals surface area contributed by atoms with Crippen LogP contribution in [0.1, 0.15) is 0 Å². The molecule has 0 fully saturated rings. The van der Waals surface area contributed by atoms with Gasteiger partial charge < -0.3 is 0 Å². The first kappa shape index (κ1) is 6.58. The topological polar surface area (TPSA) is 42.3 Å². The number of isocyanates is 1. The van der Waals surface area contributed by atoms with Gasteiger partial charge in [-0.05, 0) is 0 Å². The minimum absolute atomic E-state index is 0.176. The van der Waals surface area contributed by atoms with Crippen molar-refractivity contribution in [3.8, 4) is 0 Å². The van der Waals surface area contributed by atoms with Crippen molar-refractivity contribution in [1.29, 1.82) is 0 Å². The van der Waals surface area contributed by atoms with Gasteiger partial charge in [0.1, 0.15) is 5.82 Å². The van der Waals surface area contributed by atoms with Crippen molar-refractivity contribution in [3.63, 3.8) is 0 Å². The summed E-state index contributed by atoms with van der Waals surface area (Å²) in [6.07, 6.45) is 3.58. The molecule has 10 heavy (non-hydrogen) atoms. The summed E-state index contributed by atoms with van der Waals surface area (Å²) in [5.74, 6) is -0.517. The normalized spacial score (nSPS) is 8.50. The van der Waals surface area contributed by atoms with E-state index < -0.39 is 5.82 Å². The van der Waals surface area contributed by atoms with E-state index in [0.29, 0.717) is 0 Å². The van der Waals surface area contributed by atoms with Gasteiger partial charge in [-0.25, -0.2) is 9.18 Å². The van der Waals surface area contributed by atoms with Gasteiger partial charge in [0, 0.05) is 6.07 Å². The molecular formula is C6H3FN2O. The highest BCUT2D eigenvalue weighted by molar-refractivity contribution is 5.46. The van der Waals surface area contributed by atoms with Crippen molar-refractivity contribution >= 4 is 11.8 Å². The van der Waals surface area contributed by atoms with Gasteiger partial charge in [-0.15, -0.1) is 0 Å². The Morgan fingerprint density at radius 2 is 2.40 bits per heavy atom. The molecule has 0 unspecified atom stereocenters. The molecule has 0 spiro atoms. The molecule has 0 aliphatic heterocycles. The summed E-state index contributed by atoms with van der Waals surface area (Å²) < 4.78 is 12.2. The summed E-state index contributed by atoms with van der Waals surface area (Å²) in [6, 6.07) is 1.10. The molecule has 0 atom stereocenters. The summed E-state index contributed by atoms with van der Waals surface area (Å²) in [4.78, 5) is 16.3. The maximum absolute atomic E-state index is 12.2. The van der Waals surface area contributed by atoms with Gasteiger partial charge in [0.2, 0.25) is 6.08 Å². The molecule has 1 aromatic rings. The van der Waals surface area contributed by atoms with E-state index >= 15 is 0 Å². The summed E-state index contributed by atoms with van der Waals surface area (Å²) in [5, 5.41) is 0. The number of rotatable bonds is 1. The molecule has 0 N–H and O–H groups in total. The molecule has 0 aliphatic carbocycles. The second kappa shape index (κ2) is 2.85. The Hall–Kier alpha value is -1.54. The van der Waals surface area contributed by atoms with Crippen LogP contribution in [0.3, 0.4) is 0 Å². The standard InChI is InChI=1S/C6H3FN2O/c7-5-1-6(9-4-10)3-8-2-5/h1-3H. The fourth-order valence-corrected chi connectivity index (χ4v) is 0.514. The summed E-state index contributed by atoms with van der Waals surface area (Å²) in [7, 11) is 0. The van der Waals surface area contributed by atoms with Crippen LogP contribution in [0.4, 0.5) is 10.1 Å². The lowest BCUT2D eigenvalue weighted by atomic mass is 10.4. The highest BCUT2D eigenvalue weighted by Gasteiger charge is 1.90. The summed E-state index contributed by atoms with van der Waals surface area (Å²) in [6.45, 7) is 0. The smallest absolute Gasteiger partial charge is 0.240 e. The van der Waals surface area contributed by atoms with Crippen LogP contribution >= 0.6 is 0 Å². The van der Waals surface area contributed by atoms with E-state index in [1.807, 2.05) is 0 Å². The number of halogens is 1. The molecule has 1 aromatic heterocycles. The molecule has 0 saturated heterocycles. The predicted molar refractivity (Wildman–Crippen MR) is 32.0 cm³/mol. The van der Waals surface area contributed by atoms with E-state index in [1.165, 1.54) is 12.3 Å². The van der Waals surface area contributed by atoms with Crippen molar-refractivity contribution in [2.24, 2.45) is 4.99 Å². The van der Waals surface area contributed by atoms with E-state index in [4.69, 9.17) is 0 Å². The van der Waals surface area contributed by atoms with Gasteiger partial charge in [-0.3, -0.25) is 4.98 Å². The molecule has 3 nitrogen and oxygen atoms in total. The van der Waals surface area contributed by atoms with Gasteiger partial charge >= 0.3 is 0 Å². The zero-order valence-corrected chi connectivity index (χ0v) is 4.91. The first-order chi connectivity index (χ1) is 4.83. The molecule has 0 radical (unpaired) electrons. The van der Waals surface area contributed by atoms with Crippen molar-refractivity contribution in [3.05, 3.63) is 24.3 Å². The molecule has 1 rings (SSSR count). The van der Waals surface area contributed by atoms with Crippen LogP contribution in [0, 0.1) is 5.82 Å². The average molecular weight is 138 g/mol. The monoisotopic (exact) mass is 138 g/mol. The third-order valence-corrected chi connectivity index (χ3v) is 0.865. The molecular weight excluding hydrogens is 135 g/mol. The maximum Gasteiger partial charge on any atom is 0.240 e. The van der Waals surface area contributed by atoms with Crippen molar-refractivity contribution < 1.29 is 9.18 Å². The van der Waals surface area contributed by atoms with Gasteiger partial charge in [0.25, 0.3) is 0 Å². The van der Waals surface area contributed by atoms with Crippen LogP contribution < -0.4 is 0 Å². The zero-order chi connectivity index (χ0) is 7.40. The van der Waals surface area contributed by atoms with Crippen LogP contribution in [-0.4, -0.2) is 11.1 Å². The number of carbonyl (C=O) groups excluding carboxylic acids is 1. The van der Waals surface area contributed by atoms with Gasteiger partial charge in [0.05, 0.1) is 18.1 Å². The number of nitrogens with zero attached hydrogens (tertiary/aromatic N) is 2. The van der Waals surface area contributed by atoms with Gasteiger partial charge in [-0.2, -0.15) is 4.99 Å². The molecule has 0 saturated carbocycles. The SMILES string of the molecule is O=C=Nc1cncc(F)c1. The van der Waals surface area contributed by atoms with Gasteiger partial charge in [-0.1, -0.05) is 0 Å². The Morgan fingerprint density at radius 1 is 1.60 bits per heavy atom. The first-order valence-electron chi connectivity index (χ1n) is 2.51. The van der Waals surface area contributed by atoms with E-state index in [2.05, 4.69) is 9.98 Å². The Bertz CT molecular complexity index is 281. The highest BCUT2D eigenvalue weighted by Crippen LogP contribution is 2.08. The second-order valence-electron chi connectivity index (χ2n) is 1.56. The maximum atomic E-state index is 12.2. The van der Waals surface area contributed by atoms with Gasteiger partial charge in [0.15, 0.2) is 0 Å². The van der Waals surface area contributed by atoms with Crippen LogP contribution in [0.2, 0.25) is 0 Å². The number of hydrogen-bond donors (Lipinski definition) is 0. The number of pyridine rings is 1. The van der Waals surface area contributed by atoms with Crippen molar-refractivity contribution in [2.45, 2.75) is 0 Å². The molecule has 50 valence electrons. The number of hydrogen-bond acceptors (Lipinski definition) is 3. The molecule has 0 aromatic carbocycles. The Labute approximate surface area is 56.2 Å². The molecule has 4 heteroatoms. The lowest BCUT2D eigenvalue weighted by Crippen LogP contribution is -1.74. The number of aromatic nitrogens is 1. The van der Waals surface area contributed by atoms with Crippen LogP contribution in [0.15, 0.2) is 23.5 Å². The molecule has 0 bridgehead atoms. The minimum atomic E-state index is -0.517. The predicted octanol–water partition coefficient (Wildman–Crippen LogP) is 1.19. The third kappa shape index (κ3) is 1.47. The average Bonchev–Trinajstić information content (AvgIpc) is 1.88.